The summed E-state index contributed by atoms with van der Waals surface area (Å²) in [5.74, 6) is 1.31. The van der Waals surface area contributed by atoms with Gasteiger partial charge in [0.25, 0.3) is 5.91 Å². The summed E-state index contributed by atoms with van der Waals surface area (Å²) in [6, 6.07) is 13.4. The molecule has 4 rings (SSSR count). The summed E-state index contributed by atoms with van der Waals surface area (Å²) in [5, 5.41) is 1.04. The van der Waals surface area contributed by atoms with E-state index in [0.717, 1.165) is 23.1 Å². The molecule has 0 aliphatic carbocycles. The molecule has 1 amide bonds. The molecule has 0 bridgehead atoms. The van der Waals surface area contributed by atoms with Crippen LogP contribution in [0, 0.1) is 0 Å². The van der Waals surface area contributed by atoms with Crippen LogP contribution in [0.4, 0.5) is 0 Å². The Balaban J connectivity index is 1.35. The standard InChI is InChI=1S/C20H19N3O3/c24-19(14-25-16-6-3-9-21-12-16)23-11-8-17(13-23)26-18-7-1-4-15-5-2-10-22-20(15)18/h1-7,9-10,12,17H,8,11,13-14H2. The summed E-state index contributed by atoms with van der Waals surface area (Å²) >= 11 is 0. The molecule has 1 aliphatic rings. The molecule has 0 spiro atoms. The molecule has 132 valence electrons. The van der Waals surface area contributed by atoms with Crippen LogP contribution in [0.15, 0.2) is 61.1 Å². The zero-order valence-corrected chi connectivity index (χ0v) is 14.2. The molecular formula is C20H19N3O3. The molecule has 0 N–H and O–H groups in total. The van der Waals surface area contributed by atoms with Gasteiger partial charge in [-0.3, -0.25) is 14.8 Å². The van der Waals surface area contributed by atoms with Gasteiger partial charge < -0.3 is 14.4 Å². The highest BCUT2D eigenvalue weighted by Gasteiger charge is 2.28. The third-order valence-electron chi connectivity index (χ3n) is 4.38. The number of ether oxygens (including phenoxy) is 2. The number of hydrogen-bond acceptors (Lipinski definition) is 5. The van der Waals surface area contributed by atoms with Crippen LogP contribution in [0.2, 0.25) is 0 Å². The molecule has 3 heterocycles. The molecule has 1 saturated heterocycles. The van der Waals surface area contributed by atoms with Crippen molar-refractivity contribution in [2.45, 2.75) is 12.5 Å². The Labute approximate surface area is 151 Å². The number of aromatic nitrogens is 2. The fourth-order valence-corrected chi connectivity index (χ4v) is 3.07. The predicted molar refractivity (Wildman–Crippen MR) is 97.1 cm³/mol. The Bertz CT molecular complexity index is 896. The number of hydrogen-bond donors (Lipinski definition) is 0. The summed E-state index contributed by atoms with van der Waals surface area (Å²) < 4.78 is 11.6. The number of rotatable bonds is 5. The first-order valence-electron chi connectivity index (χ1n) is 8.60. The molecule has 26 heavy (non-hydrogen) atoms. The second-order valence-electron chi connectivity index (χ2n) is 6.18. The van der Waals surface area contributed by atoms with Crippen LogP contribution in [-0.2, 0) is 4.79 Å². The van der Waals surface area contributed by atoms with Crippen molar-refractivity contribution < 1.29 is 14.3 Å². The third-order valence-corrected chi connectivity index (χ3v) is 4.38. The number of para-hydroxylation sites is 1. The number of carbonyl (C=O) groups is 1. The number of benzene rings is 1. The number of likely N-dealkylation sites (tertiary alicyclic amines) is 1. The molecule has 1 aromatic carbocycles. The van der Waals surface area contributed by atoms with Crippen LogP contribution in [0.1, 0.15) is 6.42 Å². The lowest BCUT2D eigenvalue weighted by molar-refractivity contribution is -0.132. The van der Waals surface area contributed by atoms with E-state index in [-0.39, 0.29) is 18.6 Å². The SMILES string of the molecule is O=C(COc1cccnc1)N1CCC(Oc2cccc3cccnc23)C1. The van der Waals surface area contributed by atoms with Gasteiger partial charge in [0, 0.05) is 30.7 Å². The first kappa shape index (κ1) is 16.3. The lowest BCUT2D eigenvalue weighted by atomic mass is 10.2. The molecule has 0 saturated carbocycles. The minimum Gasteiger partial charge on any atom is -0.486 e. The average molecular weight is 349 g/mol. The van der Waals surface area contributed by atoms with Gasteiger partial charge in [-0.1, -0.05) is 18.2 Å². The van der Waals surface area contributed by atoms with Crippen molar-refractivity contribution in [3.05, 3.63) is 61.1 Å². The highest BCUT2D eigenvalue weighted by molar-refractivity contribution is 5.84. The molecule has 1 atom stereocenters. The van der Waals surface area contributed by atoms with Gasteiger partial charge in [-0.15, -0.1) is 0 Å². The molecule has 1 aliphatic heterocycles. The van der Waals surface area contributed by atoms with Crippen molar-refractivity contribution in [2.75, 3.05) is 19.7 Å². The number of nitrogens with zero attached hydrogens (tertiary/aromatic N) is 3. The maximum Gasteiger partial charge on any atom is 0.260 e. The van der Waals surface area contributed by atoms with Crippen molar-refractivity contribution >= 4 is 16.8 Å². The second kappa shape index (κ2) is 7.39. The van der Waals surface area contributed by atoms with Gasteiger partial charge in [-0.05, 0) is 24.3 Å². The lowest BCUT2D eigenvalue weighted by Crippen LogP contribution is -2.34. The van der Waals surface area contributed by atoms with Crippen molar-refractivity contribution in [3.8, 4) is 11.5 Å². The summed E-state index contributed by atoms with van der Waals surface area (Å²) in [6.45, 7) is 1.23. The number of carbonyl (C=O) groups excluding carboxylic acids is 1. The number of pyridine rings is 2. The van der Waals surface area contributed by atoms with E-state index in [9.17, 15) is 4.79 Å². The van der Waals surface area contributed by atoms with Crippen LogP contribution in [0.3, 0.4) is 0 Å². The maximum absolute atomic E-state index is 12.3. The first-order valence-corrected chi connectivity index (χ1v) is 8.60. The molecule has 0 radical (unpaired) electrons. The summed E-state index contributed by atoms with van der Waals surface area (Å²) in [5.41, 5.74) is 0.847. The van der Waals surface area contributed by atoms with Crippen molar-refractivity contribution in [3.63, 3.8) is 0 Å². The second-order valence-corrected chi connectivity index (χ2v) is 6.18. The lowest BCUT2D eigenvalue weighted by Gasteiger charge is -2.18. The van der Waals surface area contributed by atoms with Crippen LogP contribution < -0.4 is 9.47 Å². The van der Waals surface area contributed by atoms with E-state index in [2.05, 4.69) is 9.97 Å². The molecule has 1 fully saturated rings. The van der Waals surface area contributed by atoms with Crippen molar-refractivity contribution in [1.29, 1.82) is 0 Å². The fourth-order valence-electron chi connectivity index (χ4n) is 3.07. The Morgan fingerprint density at radius 3 is 2.92 bits per heavy atom. The summed E-state index contributed by atoms with van der Waals surface area (Å²) in [7, 11) is 0. The number of fused-ring (bicyclic) bond motifs is 1. The molecular weight excluding hydrogens is 330 g/mol. The van der Waals surface area contributed by atoms with E-state index in [0.29, 0.717) is 18.8 Å². The van der Waals surface area contributed by atoms with E-state index < -0.39 is 0 Å². The van der Waals surface area contributed by atoms with Crippen LogP contribution in [0.25, 0.3) is 10.9 Å². The molecule has 6 nitrogen and oxygen atoms in total. The minimum absolute atomic E-state index is 0.00817. The van der Waals surface area contributed by atoms with Crippen LogP contribution in [-0.4, -0.2) is 46.6 Å². The van der Waals surface area contributed by atoms with Gasteiger partial charge in [0.2, 0.25) is 0 Å². The zero-order valence-electron chi connectivity index (χ0n) is 14.2. The molecule has 2 aromatic heterocycles. The van der Waals surface area contributed by atoms with Crippen molar-refractivity contribution in [2.24, 2.45) is 0 Å². The molecule has 6 heteroatoms. The highest BCUT2D eigenvalue weighted by Crippen LogP contribution is 2.26. The van der Waals surface area contributed by atoms with Gasteiger partial charge in [-0.25, -0.2) is 0 Å². The summed E-state index contributed by atoms with van der Waals surface area (Å²) in [4.78, 5) is 22.5. The Kier molecular flexibility index (Phi) is 4.64. The normalized spacial score (nSPS) is 16.6. The topological polar surface area (TPSA) is 64.5 Å². The van der Waals surface area contributed by atoms with E-state index in [1.165, 1.54) is 0 Å². The van der Waals surface area contributed by atoms with Gasteiger partial charge in [0.15, 0.2) is 6.61 Å². The third kappa shape index (κ3) is 3.59. The van der Waals surface area contributed by atoms with E-state index in [4.69, 9.17) is 9.47 Å². The van der Waals surface area contributed by atoms with Crippen molar-refractivity contribution in [1.82, 2.24) is 14.9 Å². The van der Waals surface area contributed by atoms with Crippen LogP contribution >= 0.6 is 0 Å². The Morgan fingerprint density at radius 1 is 1.15 bits per heavy atom. The Morgan fingerprint density at radius 2 is 2.04 bits per heavy atom. The molecule has 3 aromatic rings. The van der Waals surface area contributed by atoms with Gasteiger partial charge in [-0.2, -0.15) is 0 Å². The average Bonchev–Trinajstić information content (AvgIpc) is 3.16. The quantitative estimate of drug-likeness (QED) is 0.709. The summed E-state index contributed by atoms with van der Waals surface area (Å²) in [6.07, 6.45) is 5.78. The van der Waals surface area contributed by atoms with E-state index in [1.54, 1.807) is 35.6 Å². The fraction of sp³-hybridized carbons (Fsp3) is 0.250. The van der Waals surface area contributed by atoms with Gasteiger partial charge in [0.05, 0.1) is 12.7 Å². The first-order chi connectivity index (χ1) is 12.8. The van der Waals surface area contributed by atoms with Gasteiger partial charge in [0.1, 0.15) is 23.1 Å². The maximum atomic E-state index is 12.3. The monoisotopic (exact) mass is 349 g/mol. The zero-order chi connectivity index (χ0) is 17.8. The smallest absolute Gasteiger partial charge is 0.260 e. The Hall–Kier alpha value is -3.15. The highest BCUT2D eigenvalue weighted by atomic mass is 16.5. The minimum atomic E-state index is -0.0454. The predicted octanol–water partition coefficient (Wildman–Crippen LogP) is 2.69. The van der Waals surface area contributed by atoms with Crippen LogP contribution in [0.5, 0.6) is 11.5 Å². The largest absolute Gasteiger partial charge is 0.486 e. The number of amides is 1. The molecule has 1 unspecified atom stereocenters. The van der Waals surface area contributed by atoms with E-state index in [1.807, 2.05) is 30.3 Å². The van der Waals surface area contributed by atoms with E-state index >= 15 is 0 Å². The van der Waals surface area contributed by atoms with Gasteiger partial charge >= 0.3 is 0 Å².